The number of nitrogens with zero attached hydrogens (tertiary/aromatic N) is 4. The molecule has 0 radical (unpaired) electrons. The van der Waals surface area contributed by atoms with Crippen LogP contribution in [0.4, 0.5) is 17.5 Å². The van der Waals surface area contributed by atoms with Gasteiger partial charge in [0.05, 0.1) is 4.92 Å². The van der Waals surface area contributed by atoms with Crippen LogP contribution in [0, 0.1) is 16.0 Å². The van der Waals surface area contributed by atoms with E-state index in [-0.39, 0.29) is 11.5 Å². The summed E-state index contributed by atoms with van der Waals surface area (Å²) in [6.07, 6.45) is 1.18. The lowest BCUT2D eigenvalue weighted by atomic mass is 10.1. The normalized spacial score (nSPS) is 19.7. The van der Waals surface area contributed by atoms with Crippen LogP contribution in [0.3, 0.4) is 0 Å². The van der Waals surface area contributed by atoms with Gasteiger partial charge < -0.3 is 10.6 Å². The molecule has 1 fully saturated rings. The van der Waals surface area contributed by atoms with E-state index in [0.29, 0.717) is 17.1 Å². The number of anilines is 2. The molecule has 1 aromatic rings. The molecule has 1 atom stereocenters. The number of nitrogens with two attached hydrogens (primary N) is 1. The molecule has 2 rings (SSSR count). The van der Waals surface area contributed by atoms with Crippen molar-refractivity contribution in [1.29, 1.82) is 0 Å². The van der Waals surface area contributed by atoms with Crippen LogP contribution in [-0.2, 0) is 0 Å². The van der Waals surface area contributed by atoms with E-state index in [9.17, 15) is 10.1 Å². The summed E-state index contributed by atoms with van der Waals surface area (Å²) >= 11 is 1.95. The van der Waals surface area contributed by atoms with Gasteiger partial charge >= 0.3 is 5.69 Å². The lowest BCUT2D eigenvalue weighted by Gasteiger charge is -2.34. The van der Waals surface area contributed by atoms with Gasteiger partial charge in [-0.1, -0.05) is 13.8 Å². The van der Waals surface area contributed by atoms with Crippen molar-refractivity contribution in [3.05, 3.63) is 16.3 Å². The quantitative estimate of drug-likeness (QED) is 0.663. The van der Waals surface area contributed by atoms with Crippen LogP contribution in [0.25, 0.3) is 0 Å². The predicted octanol–water partition coefficient (Wildman–Crippen LogP) is 1.54. The minimum Gasteiger partial charge on any atom is -0.378 e. The lowest BCUT2D eigenvalue weighted by molar-refractivity contribution is -0.384. The molecule has 8 heteroatoms. The molecule has 2 heterocycles. The van der Waals surface area contributed by atoms with Crippen LogP contribution in [-0.4, -0.2) is 39.0 Å². The van der Waals surface area contributed by atoms with Gasteiger partial charge in [-0.3, -0.25) is 10.1 Å². The Balaban J connectivity index is 2.18. The second-order valence-electron chi connectivity index (χ2n) is 4.80. The number of nitrogen functional groups attached to an aromatic ring is 1. The zero-order chi connectivity index (χ0) is 14.0. The molecule has 0 spiro atoms. The molecule has 1 aliphatic heterocycles. The Morgan fingerprint density at radius 2 is 2.37 bits per heavy atom. The zero-order valence-electron chi connectivity index (χ0n) is 10.9. The van der Waals surface area contributed by atoms with Crippen LogP contribution < -0.4 is 10.6 Å². The maximum Gasteiger partial charge on any atom is 0.329 e. The summed E-state index contributed by atoms with van der Waals surface area (Å²) in [4.78, 5) is 20.3. The Hall–Kier alpha value is -1.57. The van der Waals surface area contributed by atoms with Gasteiger partial charge in [0.15, 0.2) is 0 Å². The summed E-state index contributed by atoms with van der Waals surface area (Å²) in [7, 11) is 0. The number of rotatable bonds is 3. The van der Waals surface area contributed by atoms with Gasteiger partial charge in [0.25, 0.3) is 0 Å². The molecule has 0 aromatic carbocycles. The Labute approximate surface area is 115 Å². The standard InChI is InChI=1S/C11H17N5O2S/c1-7(2)9-6-15(3-4-19-9)11-13-5-8(16(17)18)10(12)14-11/h5,7,9H,3-4,6H2,1-2H3,(H2,12,13,14)/t9-/m1/s1. The topological polar surface area (TPSA) is 98.2 Å². The third-order valence-electron chi connectivity index (χ3n) is 3.10. The highest BCUT2D eigenvalue weighted by Crippen LogP contribution is 2.28. The molecule has 1 aliphatic rings. The van der Waals surface area contributed by atoms with Crippen LogP contribution in [0.2, 0.25) is 0 Å². The molecule has 0 saturated carbocycles. The molecule has 0 aliphatic carbocycles. The van der Waals surface area contributed by atoms with E-state index in [1.165, 1.54) is 6.20 Å². The monoisotopic (exact) mass is 283 g/mol. The van der Waals surface area contributed by atoms with Crippen molar-refractivity contribution in [3.8, 4) is 0 Å². The molecule has 7 nitrogen and oxygen atoms in total. The maximum absolute atomic E-state index is 10.7. The second kappa shape index (κ2) is 5.60. The number of thioether (sulfide) groups is 1. The number of hydrogen-bond acceptors (Lipinski definition) is 7. The van der Waals surface area contributed by atoms with Crippen LogP contribution in [0.1, 0.15) is 13.8 Å². The SMILES string of the molecule is CC(C)[C@H]1CN(c2ncc([N+](=O)[O-])c(N)n2)CCS1. The van der Waals surface area contributed by atoms with Crippen LogP contribution >= 0.6 is 11.8 Å². The number of hydrogen-bond donors (Lipinski definition) is 1. The summed E-state index contributed by atoms with van der Waals surface area (Å²) in [5, 5.41) is 11.2. The zero-order valence-corrected chi connectivity index (χ0v) is 11.8. The van der Waals surface area contributed by atoms with E-state index < -0.39 is 4.92 Å². The maximum atomic E-state index is 10.7. The fraction of sp³-hybridized carbons (Fsp3) is 0.636. The van der Waals surface area contributed by atoms with Gasteiger partial charge in [-0.05, 0) is 5.92 Å². The summed E-state index contributed by atoms with van der Waals surface area (Å²) < 4.78 is 0. The molecule has 1 saturated heterocycles. The van der Waals surface area contributed by atoms with E-state index in [1.807, 2.05) is 16.7 Å². The number of nitro groups is 1. The third-order valence-corrected chi connectivity index (χ3v) is 4.64. The largest absolute Gasteiger partial charge is 0.378 e. The van der Waals surface area contributed by atoms with Crippen LogP contribution in [0.5, 0.6) is 0 Å². The Morgan fingerprint density at radius 3 is 2.95 bits per heavy atom. The molecular formula is C11H17N5O2S. The van der Waals surface area contributed by atoms with Gasteiger partial charge in [-0.2, -0.15) is 16.7 Å². The summed E-state index contributed by atoms with van der Waals surface area (Å²) in [5.74, 6) is 1.98. The van der Waals surface area contributed by atoms with E-state index in [1.54, 1.807) is 0 Å². The van der Waals surface area contributed by atoms with Crippen molar-refractivity contribution in [2.45, 2.75) is 19.1 Å². The second-order valence-corrected chi connectivity index (χ2v) is 6.14. The molecule has 0 amide bonds. The van der Waals surface area contributed by atoms with Gasteiger partial charge in [0, 0.05) is 24.1 Å². The van der Waals surface area contributed by atoms with E-state index in [0.717, 1.165) is 18.8 Å². The average Bonchev–Trinajstić information content (AvgIpc) is 2.38. The Kier molecular flexibility index (Phi) is 4.08. The fourth-order valence-corrected chi connectivity index (χ4v) is 3.23. The average molecular weight is 283 g/mol. The molecule has 0 unspecified atom stereocenters. The van der Waals surface area contributed by atoms with Crippen LogP contribution in [0.15, 0.2) is 6.20 Å². The fourth-order valence-electron chi connectivity index (χ4n) is 1.93. The smallest absolute Gasteiger partial charge is 0.329 e. The van der Waals surface area contributed by atoms with Gasteiger partial charge in [-0.25, -0.2) is 4.98 Å². The lowest BCUT2D eigenvalue weighted by Crippen LogP contribution is -2.41. The molecule has 104 valence electrons. The van der Waals surface area contributed by atoms with Crippen molar-refractivity contribution >= 4 is 29.2 Å². The summed E-state index contributed by atoms with van der Waals surface area (Å²) in [6.45, 7) is 6.06. The molecule has 1 aromatic heterocycles. The van der Waals surface area contributed by atoms with Crippen molar-refractivity contribution in [2.24, 2.45) is 5.92 Å². The number of aromatic nitrogens is 2. The van der Waals surface area contributed by atoms with Crippen molar-refractivity contribution in [3.63, 3.8) is 0 Å². The van der Waals surface area contributed by atoms with E-state index in [4.69, 9.17) is 5.73 Å². The van der Waals surface area contributed by atoms with Gasteiger partial charge in [0.1, 0.15) is 6.20 Å². The molecule has 19 heavy (non-hydrogen) atoms. The van der Waals surface area contributed by atoms with Gasteiger partial charge in [-0.15, -0.1) is 0 Å². The van der Waals surface area contributed by atoms with Crippen molar-refractivity contribution < 1.29 is 4.92 Å². The van der Waals surface area contributed by atoms with Gasteiger partial charge in [0.2, 0.25) is 11.8 Å². The summed E-state index contributed by atoms with van der Waals surface area (Å²) in [6, 6.07) is 0. The van der Waals surface area contributed by atoms with Crippen molar-refractivity contribution in [1.82, 2.24) is 9.97 Å². The first-order valence-electron chi connectivity index (χ1n) is 6.12. The van der Waals surface area contributed by atoms with E-state index in [2.05, 4.69) is 23.8 Å². The molecular weight excluding hydrogens is 266 g/mol. The molecule has 0 bridgehead atoms. The predicted molar refractivity (Wildman–Crippen MR) is 76.4 cm³/mol. The Morgan fingerprint density at radius 1 is 1.63 bits per heavy atom. The first-order chi connectivity index (χ1) is 8.99. The Bertz CT molecular complexity index is 482. The van der Waals surface area contributed by atoms with Crippen molar-refractivity contribution in [2.75, 3.05) is 29.5 Å². The van der Waals surface area contributed by atoms with E-state index >= 15 is 0 Å². The first-order valence-corrected chi connectivity index (χ1v) is 7.17. The molecule has 2 N–H and O–H groups in total. The minimum absolute atomic E-state index is 0.0747. The highest BCUT2D eigenvalue weighted by atomic mass is 32.2. The summed E-state index contributed by atoms with van der Waals surface area (Å²) in [5.41, 5.74) is 5.36. The third kappa shape index (κ3) is 3.06. The minimum atomic E-state index is -0.567. The highest BCUT2D eigenvalue weighted by Gasteiger charge is 2.25. The highest BCUT2D eigenvalue weighted by molar-refractivity contribution is 8.00. The first kappa shape index (κ1) is 13.9.